The number of pyridine rings is 1. The predicted octanol–water partition coefficient (Wildman–Crippen LogP) is 0.463. The Bertz CT molecular complexity index is 640. The van der Waals surface area contributed by atoms with Crippen LogP contribution in [0.25, 0.3) is 12.2 Å². The van der Waals surface area contributed by atoms with Crippen molar-refractivity contribution in [1.29, 1.82) is 0 Å². The Kier molecular flexibility index (Phi) is 10.4. The zero-order chi connectivity index (χ0) is 17.2. The highest BCUT2D eigenvalue weighted by atomic mass is 127. The summed E-state index contributed by atoms with van der Waals surface area (Å²) in [7, 11) is 5.34. The molecule has 4 nitrogen and oxygen atoms in total. The van der Waals surface area contributed by atoms with E-state index in [9.17, 15) is 0 Å². The van der Waals surface area contributed by atoms with Gasteiger partial charge in [-0.25, -0.2) is 4.57 Å². The van der Waals surface area contributed by atoms with E-state index in [1.807, 2.05) is 37.5 Å². The summed E-state index contributed by atoms with van der Waals surface area (Å²) in [5.41, 5.74) is 2.30. The van der Waals surface area contributed by atoms with Gasteiger partial charge in [0.1, 0.15) is 12.8 Å². The van der Waals surface area contributed by atoms with Crippen molar-refractivity contribution in [3.05, 3.63) is 59.9 Å². The minimum Gasteiger partial charge on any atom is -1.00 e. The summed E-state index contributed by atoms with van der Waals surface area (Å²) in [6.45, 7) is 0.651. The number of rotatable bonds is 9. The standard InChI is InChI=1S/C20H26NO3.HI/c1-21-15-5-4-7-18(21)12-9-17-10-13-19(14-11-17)24-16-6-8-20(22-2)23-3;/h4-5,7,9-15,20H,6,8,16H2,1-3H3;1H/q+1;/p-1. The molecule has 0 fully saturated rings. The smallest absolute Gasteiger partial charge is 0.204 e. The molecule has 0 radical (unpaired) electrons. The fourth-order valence-electron chi connectivity index (χ4n) is 2.34. The van der Waals surface area contributed by atoms with E-state index in [1.54, 1.807) is 14.2 Å². The van der Waals surface area contributed by atoms with E-state index in [1.165, 1.54) is 0 Å². The van der Waals surface area contributed by atoms with Crippen LogP contribution in [0.15, 0.2) is 48.7 Å². The zero-order valence-corrected chi connectivity index (χ0v) is 17.2. The van der Waals surface area contributed by atoms with Crippen LogP contribution in [0.4, 0.5) is 0 Å². The number of methoxy groups -OCH3 is 2. The Hall–Kier alpha value is -1.44. The highest BCUT2D eigenvalue weighted by molar-refractivity contribution is 5.67. The van der Waals surface area contributed by atoms with Crippen molar-refractivity contribution in [2.24, 2.45) is 7.05 Å². The summed E-state index contributed by atoms with van der Waals surface area (Å²) >= 11 is 0. The normalized spacial score (nSPS) is 10.9. The molecular formula is C20H26INO3. The number of halogens is 1. The number of aromatic nitrogens is 1. The highest BCUT2D eigenvalue weighted by Gasteiger charge is 2.04. The molecule has 136 valence electrons. The molecule has 0 saturated carbocycles. The molecular weight excluding hydrogens is 429 g/mol. The fourth-order valence-corrected chi connectivity index (χ4v) is 2.34. The van der Waals surface area contributed by atoms with Crippen LogP contribution in [0.5, 0.6) is 5.75 Å². The Morgan fingerprint density at radius 1 is 1.00 bits per heavy atom. The van der Waals surface area contributed by atoms with Crippen LogP contribution in [0.2, 0.25) is 0 Å². The Morgan fingerprint density at radius 2 is 1.72 bits per heavy atom. The van der Waals surface area contributed by atoms with Crippen molar-refractivity contribution in [3.8, 4) is 5.75 Å². The first-order valence-electron chi connectivity index (χ1n) is 8.14. The number of benzene rings is 1. The molecule has 1 aromatic carbocycles. The van der Waals surface area contributed by atoms with E-state index in [2.05, 4.69) is 34.9 Å². The van der Waals surface area contributed by atoms with Crippen LogP contribution >= 0.6 is 0 Å². The van der Waals surface area contributed by atoms with Gasteiger partial charge in [0.05, 0.1) is 6.61 Å². The largest absolute Gasteiger partial charge is 1.00 e. The second kappa shape index (κ2) is 12.0. The molecule has 0 bridgehead atoms. The number of nitrogens with zero attached hydrogens (tertiary/aromatic N) is 1. The van der Waals surface area contributed by atoms with Crippen molar-refractivity contribution >= 4 is 12.2 Å². The average molecular weight is 455 g/mol. The predicted molar refractivity (Wildman–Crippen MR) is 95.5 cm³/mol. The van der Waals surface area contributed by atoms with Crippen molar-refractivity contribution in [3.63, 3.8) is 0 Å². The number of hydrogen-bond donors (Lipinski definition) is 0. The van der Waals surface area contributed by atoms with E-state index in [0.29, 0.717) is 6.61 Å². The number of hydrogen-bond acceptors (Lipinski definition) is 3. The third kappa shape index (κ3) is 7.54. The minimum atomic E-state index is -0.152. The van der Waals surface area contributed by atoms with Gasteiger partial charge in [-0.2, -0.15) is 0 Å². The lowest BCUT2D eigenvalue weighted by molar-refractivity contribution is -0.673. The van der Waals surface area contributed by atoms with Crippen molar-refractivity contribution < 1.29 is 42.8 Å². The quantitative estimate of drug-likeness (QED) is 0.239. The third-order valence-corrected chi connectivity index (χ3v) is 3.80. The minimum absolute atomic E-state index is 0. The van der Waals surface area contributed by atoms with Crippen LogP contribution in [-0.4, -0.2) is 27.1 Å². The van der Waals surface area contributed by atoms with Crippen LogP contribution in [0, 0.1) is 0 Å². The topological polar surface area (TPSA) is 31.6 Å². The van der Waals surface area contributed by atoms with E-state index in [0.717, 1.165) is 29.8 Å². The molecule has 5 heteroatoms. The fraction of sp³-hybridized carbons (Fsp3) is 0.350. The van der Waals surface area contributed by atoms with Gasteiger partial charge in [0.2, 0.25) is 5.69 Å². The highest BCUT2D eigenvalue weighted by Crippen LogP contribution is 2.15. The lowest BCUT2D eigenvalue weighted by Crippen LogP contribution is -3.00. The lowest BCUT2D eigenvalue weighted by Gasteiger charge is -2.13. The lowest BCUT2D eigenvalue weighted by atomic mass is 10.2. The third-order valence-electron chi connectivity index (χ3n) is 3.80. The summed E-state index contributed by atoms with van der Waals surface area (Å²) in [6, 6.07) is 14.2. The molecule has 0 aliphatic rings. The van der Waals surface area contributed by atoms with Gasteiger partial charge < -0.3 is 38.2 Å². The summed E-state index contributed by atoms with van der Waals surface area (Å²) in [4.78, 5) is 0. The summed E-state index contributed by atoms with van der Waals surface area (Å²) in [5, 5.41) is 0. The Labute approximate surface area is 167 Å². The van der Waals surface area contributed by atoms with Crippen LogP contribution in [0.1, 0.15) is 24.1 Å². The van der Waals surface area contributed by atoms with Gasteiger partial charge in [-0.3, -0.25) is 0 Å². The second-order valence-corrected chi connectivity index (χ2v) is 5.53. The van der Waals surface area contributed by atoms with E-state index >= 15 is 0 Å². The van der Waals surface area contributed by atoms with Gasteiger partial charge in [-0.05, 0) is 36.3 Å². The van der Waals surface area contributed by atoms with Crippen molar-refractivity contribution in [1.82, 2.24) is 0 Å². The molecule has 0 amide bonds. The molecule has 0 saturated heterocycles. The van der Waals surface area contributed by atoms with Crippen LogP contribution < -0.4 is 33.3 Å². The second-order valence-electron chi connectivity index (χ2n) is 5.53. The molecule has 0 atom stereocenters. The molecule has 0 unspecified atom stereocenters. The SMILES string of the molecule is COC(CCCOc1ccc(C=Cc2cccc[n+]2C)cc1)OC.[I-]. The molecule has 0 aliphatic carbocycles. The first kappa shape index (κ1) is 21.6. The maximum absolute atomic E-state index is 5.74. The Morgan fingerprint density at radius 3 is 2.36 bits per heavy atom. The number of aryl methyl sites for hydroxylation is 1. The summed E-state index contributed by atoms with van der Waals surface area (Å²) in [6.07, 6.45) is 7.79. The molecule has 1 heterocycles. The van der Waals surface area contributed by atoms with Gasteiger partial charge in [-0.1, -0.05) is 12.1 Å². The van der Waals surface area contributed by atoms with Crippen LogP contribution in [0.3, 0.4) is 0 Å². The molecule has 25 heavy (non-hydrogen) atoms. The van der Waals surface area contributed by atoms with Gasteiger partial charge >= 0.3 is 0 Å². The van der Waals surface area contributed by atoms with Crippen molar-refractivity contribution in [2.45, 2.75) is 19.1 Å². The first-order valence-corrected chi connectivity index (χ1v) is 8.14. The average Bonchev–Trinajstić information content (AvgIpc) is 2.62. The Balaban J connectivity index is 0.00000312. The maximum atomic E-state index is 5.74. The molecule has 0 N–H and O–H groups in total. The van der Waals surface area contributed by atoms with Gasteiger partial charge in [0, 0.05) is 38.8 Å². The van der Waals surface area contributed by atoms with Gasteiger partial charge in [0.15, 0.2) is 12.5 Å². The molecule has 2 rings (SSSR count). The van der Waals surface area contributed by atoms with Crippen molar-refractivity contribution in [2.75, 3.05) is 20.8 Å². The first-order chi connectivity index (χ1) is 11.7. The molecule has 1 aromatic heterocycles. The maximum Gasteiger partial charge on any atom is 0.204 e. The van der Waals surface area contributed by atoms with E-state index in [4.69, 9.17) is 14.2 Å². The zero-order valence-electron chi connectivity index (χ0n) is 15.0. The molecule has 0 spiro atoms. The van der Waals surface area contributed by atoms with Gasteiger partial charge in [-0.15, -0.1) is 0 Å². The van der Waals surface area contributed by atoms with E-state index in [-0.39, 0.29) is 30.3 Å². The van der Waals surface area contributed by atoms with Crippen LogP contribution in [-0.2, 0) is 16.5 Å². The molecule has 2 aromatic rings. The monoisotopic (exact) mass is 455 g/mol. The summed E-state index contributed by atoms with van der Waals surface area (Å²) in [5.74, 6) is 0.879. The summed E-state index contributed by atoms with van der Waals surface area (Å²) < 4.78 is 18.1. The van der Waals surface area contributed by atoms with Gasteiger partial charge in [0.25, 0.3) is 0 Å². The van der Waals surface area contributed by atoms with E-state index < -0.39 is 0 Å². The molecule has 0 aliphatic heterocycles. The number of ether oxygens (including phenoxy) is 3.